The minimum Gasteiger partial charge on any atom is -0.493 e. The molecule has 1 heterocycles. The van der Waals surface area contributed by atoms with E-state index in [4.69, 9.17) is 14.2 Å². The molecule has 0 aromatic heterocycles. The molecule has 1 aliphatic rings. The van der Waals surface area contributed by atoms with E-state index in [1.165, 1.54) is 6.42 Å². The molecule has 0 bridgehead atoms. The molecular weight excluding hydrogens is 310 g/mol. The Labute approximate surface area is 122 Å². The molecule has 106 valence electrons. The van der Waals surface area contributed by atoms with Gasteiger partial charge in [-0.25, -0.2) is 0 Å². The van der Waals surface area contributed by atoms with E-state index < -0.39 is 0 Å². The van der Waals surface area contributed by atoms with Gasteiger partial charge in [0.05, 0.1) is 24.8 Å². The zero-order valence-electron chi connectivity index (χ0n) is 11.4. The lowest BCUT2D eigenvalue weighted by Crippen LogP contribution is -2.25. The van der Waals surface area contributed by atoms with Crippen LogP contribution in [0.3, 0.4) is 0 Å². The standard InChI is InChI=1S/C14H20BrNO3/c1-17-13-7-10(6-12(15)14(13)18-2)8-16-9-11-4-3-5-19-11/h6-7,11,16H,3-5,8-9H2,1-2H3. The molecule has 1 unspecified atom stereocenters. The van der Waals surface area contributed by atoms with E-state index in [1.54, 1.807) is 14.2 Å². The zero-order valence-corrected chi connectivity index (χ0v) is 13.0. The van der Waals surface area contributed by atoms with Crippen LogP contribution in [0.2, 0.25) is 0 Å². The third-order valence-electron chi connectivity index (χ3n) is 3.22. The van der Waals surface area contributed by atoms with Crippen LogP contribution in [-0.2, 0) is 11.3 Å². The first kappa shape index (κ1) is 14.6. The van der Waals surface area contributed by atoms with Crippen LogP contribution in [0.4, 0.5) is 0 Å². The van der Waals surface area contributed by atoms with Gasteiger partial charge in [0.1, 0.15) is 0 Å². The van der Waals surface area contributed by atoms with E-state index in [0.29, 0.717) is 6.10 Å². The summed E-state index contributed by atoms with van der Waals surface area (Å²) in [6, 6.07) is 4.04. The number of methoxy groups -OCH3 is 2. The predicted octanol–water partition coefficient (Wildman–Crippen LogP) is 2.73. The minimum absolute atomic E-state index is 0.364. The zero-order chi connectivity index (χ0) is 13.7. The van der Waals surface area contributed by atoms with Crippen molar-refractivity contribution in [3.8, 4) is 11.5 Å². The summed E-state index contributed by atoms with van der Waals surface area (Å²) in [5, 5.41) is 3.42. The summed E-state index contributed by atoms with van der Waals surface area (Å²) in [6.07, 6.45) is 2.69. The second kappa shape index (κ2) is 7.12. The van der Waals surface area contributed by atoms with Crippen LogP contribution in [0.25, 0.3) is 0 Å². The van der Waals surface area contributed by atoms with Gasteiger partial charge < -0.3 is 19.5 Å². The van der Waals surface area contributed by atoms with E-state index in [2.05, 4.69) is 21.2 Å². The van der Waals surface area contributed by atoms with E-state index in [-0.39, 0.29) is 0 Å². The van der Waals surface area contributed by atoms with Crippen LogP contribution in [0.15, 0.2) is 16.6 Å². The molecule has 1 aromatic rings. The van der Waals surface area contributed by atoms with Gasteiger partial charge in [0.25, 0.3) is 0 Å². The molecule has 1 aromatic carbocycles. The van der Waals surface area contributed by atoms with Gasteiger partial charge in [0.15, 0.2) is 11.5 Å². The lowest BCUT2D eigenvalue weighted by Gasteiger charge is -2.14. The molecule has 5 heteroatoms. The lowest BCUT2D eigenvalue weighted by atomic mass is 10.2. The van der Waals surface area contributed by atoms with Crippen molar-refractivity contribution in [1.29, 1.82) is 0 Å². The Kier molecular flexibility index (Phi) is 5.48. The molecule has 1 atom stereocenters. The molecule has 1 N–H and O–H groups in total. The predicted molar refractivity (Wildman–Crippen MR) is 77.9 cm³/mol. The number of nitrogens with one attached hydrogen (secondary N) is 1. The number of hydrogen-bond donors (Lipinski definition) is 1. The van der Waals surface area contributed by atoms with Crippen molar-refractivity contribution in [2.24, 2.45) is 0 Å². The summed E-state index contributed by atoms with van der Waals surface area (Å²) in [7, 11) is 3.28. The summed E-state index contributed by atoms with van der Waals surface area (Å²) < 4.78 is 17.1. The fourth-order valence-electron chi connectivity index (χ4n) is 2.26. The van der Waals surface area contributed by atoms with Crippen molar-refractivity contribution in [1.82, 2.24) is 5.32 Å². The molecule has 0 spiro atoms. The number of hydrogen-bond acceptors (Lipinski definition) is 4. The van der Waals surface area contributed by atoms with Crippen molar-refractivity contribution in [2.75, 3.05) is 27.4 Å². The first-order valence-electron chi connectivity index (χ1n) is 6.47. The summed E-state index contributed by atoms with van der Waals surface area (Å²) >= 11 is 3.50. The summed E-state index contributed by atoms with van der Waals surface area (Å²) in [4.78, 5) is 0. The Morgan fingerprint density at radius 1 is 1.37 bits per heavy atom. The third kappa shape index (κ3) is 3.84. The van der Waals surface area contributed by atoms with Crippen molar-refractivity contribution in [3.05, 3.63) is 22.2 Å². The Balaban J connectivity index is 1.94. The quantitative estimate of drug-likeness (QED) is 0.871. The molecule has 19 heavy (non-hydrogen) atoms. The number of benzene rings is 1. The van der Waals surface area contributed by atoms with Gasteiger partial charge in [0, 0.05) is 19.7 Å². The molecule has 1 saturated heterocycles. The van der Waals surface area contributed by atoms with Crippen molar-refractivity contribution in [3.63, 3.8) is 0 Å². The van der Waals surface area contributed by atoms with Gasteiger partial charge in [-0.3, -0.25) is 0 Å². The van der Waals surface area contributed by atoms with Gasteiger partial charge >= 0.3 is 0 Å². The average molecular weight is 330 g/mol. The maximum atomic E-state index is 5.58. The second-order valence-electron chi connectivity index (χ2n) is 4.58. The monoisotopic (exact) mass is 329 g/mol. The van der Waals surface area contributed by atoms with Gasteiger partial charge in [-0.05, 0) is 46.5 Å². The maximum Gasteiger partial charge on any atom is 0.174 e. The smallest absolute Gasteiger partial charge is 0.174 e. The van der Waals surface area contributed by atoms with E-state index in [0.717, 1.165) is 47.7 Å². The fraction of sp³-hybridized carbons (Fsp3) is 0.571. The molecule has 1 aliphatic heterocycles. The topological polar surface area (TPSA) is 39.7 Å². The Morgan fingerprint density at radius 2 is 2.21 bits per heavy atom. The molecule has 1 fully saturated rings. The van der Waals surface area contributed by atoms with Gasteiger partial charge in [-0.2, -0.15) is 0 Å². The van der Waals surface area contributed by atoms with Gasteiger partial charge in [-0.1, -0.05) is 0 Å². The van der Waals surface area contributed by atoms with Crippen LogP contribution in [0.1, 0.15) is 18.4 Å². The third-order valence-corrected chi connectivity index (χ3v) is 3.81. The maximum absolute atomic E-state index is 5.58. The minimum atomic E-state index is 0.364. The van der Waals surface area contributed by atoms with Crippen molar-refractivity contribution < 1.29 is 14.2 Å². The molecule has 0 aliphatic carbocycles. The molecule has 4 nitrogen and oxygen atoms in total. The summed E-state index contributed by atoms with van der Waals surface area (Å²) in [5.74, 6) is 1.47. The van der Waals surface area contributed by atoms with Crippen molar-refractivity contribution >= 4 is 15.9 Å². The van der Waals surface area contributed by atoms with Gasteiger partial charge in [0.2, 0.25) is 0 Å². The molecule has 0 amide bonds. The number of rotatable bonds is 6. The Bertz CT molecular complexity index is 419. The normalized spacial score (nSPS) is 18.6. The first-order valence-corrected chi connectivity index (χ1v) is 7.26. The Morgan fingerprint density at radius 3 is 2.84 bits per heavy atom. The van der Waals surface area contributed by atoms with Crippen LogP contribution in [0, 0.1) is 0 Å². The lowest BCUT2D eigenvalue weighted by molar-refractivity contribution is 0.110. The largest absolute Gasteiger partial charge is 0.493 e. The highest BCUT2D eigenvalue weighted by Crippen LogP contribution is 2.36. The van der Waals surface area contributed by atoms with Crippen LogP contribution in [0.5, 0.6) is 11.5 Å². The molecule has 2 rings (SSSR count). The first-order chi connectivity index (χ1) is 9.24. The highest BCUT2D eigenvalue weighted by molar-refractivity contribution is 9.10. The number of ether oxygens (including phenoxy) is 3. The van der Waals surface area contributed by atoms with E-state index >= 15 is 0 Å². The SMILES string of the molecule is COc1cc(CNCC2CCCO2)cc(Br)c1OC. The van der Waals surface area contributed by atoms with Crippen LogP contribution >= 0.6 is 15.9 Å². The average Bonchev–Trinajstić information content (AvgIpc) is 2.91. The van der Waals surface area contributed by atoms with E-state index in [9.17, 15) is 0 Å². The molecule has 0 radical (unpaired) electrons. The fourth-order valence-corrected chi connectivity index (χ4v) is 2.91. The second-order valence-corrected chi connectivity index (χ2v) is 5.43. The van der Waals surface area contributed by atoms with Gasteiger partial charge in [-0.15, -0.1) is 0 Å². The van der Waals surface area contributed by atoms with Crippen LogP contribution < -0.4 is 14.8 Å². The van der Waals surface area contributed by atoms with Crippen LogP contribution in [-0.4, -0.2) is 33.5 Å². The van der Waals surface area contributed by atoms with E-state index in [1.807, 2.05) is 12.1 Å². The molecular formula is C14H20BrNO3. The number of halogens is 1. The molecule has 0 saturated carbocycles. The summed E-state index contributed by atoms with van der Waals surface area (Å²) in [5.41, 5.74) is 1.16. The highest BCUT2D eigenvalue weighted by atomic mass is 79.9. The Hall–Kier alpha value is -0.780. The van der Waals surface area contributed by atoms with Crippen molar-refractivity contribution in [2.45, 2.75) is 25.5 Å². The summed E-state index contributed by atoms with van der Waals surface area (Å²) in [6.45, 7) is 2.58. The highest BCUT2D eigenvalue weighted by Gasteiger charge is 2.15.